The minimum Gasteiger partial charge on any atom is -0.396 e. The summed E-state index contributed by atoms with van der Waals surface area (Å²) in [4.78, 5) is 10.7. The molecule has 1 heterocycles. The largest absolute Gasteiger partial charge is 0.396 e. The SMILES string of the molecule is O=c1[nH][nH]c(CCO)c1Br. The molecule has 0 unspecified atom stereocenters. The molecule has 0 fully saturated rings. The fraction of sp³-hybridized carbons (Fsp3) is 0.400. The van der Waals surface area contributed by atoms with Gasteiger partial charge in [-0.3, -0.25) is 9.89 Å². The summed E-state index contributed by atoms with van der Waals surface area (Å²) in [5, 5.41) is 13.5. The molecule has 1 aromatic heterocycles. The van der Waals surface area contributed by atoms with Crippen LogP contribution in [0.5, 0.6) is 0 Å². The fourth-order valence-corrected chi connectivity index (χ4v) is 1.06. The van der Waals surface area contributed by atoms with E-state index in [9.17, 15) is 4.79 Å². The van der Waals surface area contributed by atoms with Crippen molar-refractivity contribution in [2.75, 3.05) is 6.61 Å². The number of aromatic nitrogens is 2. The molecule has 0 saturated heterocycles. The summed E-state index contributed by atoms with van der Waals surface area (Å²) in [5.41, 5.74) is 0.510. The Kier molecular flexibility index (Phi) is 2.29. The number of hydrogen-bond acceptors (Lipinski definition) is 2. The van der Waals surface area contributed by atoms with E-state index in [1.54, 1.807) is 0 Å². The van der Waals surface area contributed by atoms with Gasteiger partial charge in [0.15, 0.2) is 0 Å². The number of aliphatic hydroxyl groups excluding tert-OH is 1. The Labute approximate surface area is 65.4 Å². The van der Waals surface area contributed by atoms with E-state index in [4.69, 9.17) is 5.11 Å². The van der Waals surface area contributed by atoms with E-state index in [1.807, 2.05) is 0 Å². The topological polar surface area (TPSA) is 68.9 Å². The molecule has 56 valence electrons. The van der Waals surface area contributed by atoms with Crippen LogP contribution in [0.1, 0.15) is 5.69 Å². The van der Waals surface area contributed by atoms with Crippen molar-refractivity contribution in [3.8, 4) is 0 Å². The van der Waals surface area contributed by atoms with E-state index in [0.717, 1.165) is 0 Å². The molecule has 0 aromatic carbocycles. The van der Waals surface area contributed by atoms with E-state index in [1.165, 1.54) is 0 Å². The van der Waals surface area contributed by atoms with Crippen molar-refractivity contribution in [3.05, 3.63) is 20.5 Å². The monoisotopic (exact) mass is 206 g/mol. The number of H-pyrrole nitrogens is 2. The third-order valence-electron chi connectivity index (χ3n) is 1.15. The van der Waals surface area contributed by atoms with Crippen LogP contribution in [0.3, 0.4) is 0 Å². The van der Waals surface area contributed by atoms with Crippen LogP contribution in [0.15, 0.2) is 9.27 Å². The Bertz CT molecular complexity index is 265. The number of rotatable bonds is 2. The number of aliphatic hydroxyl groups is 1. The van der Waals surface area contributed by atoms with Gasteiger partial charge in [-0.15, -0.1) is 0 Å². The lowest BCUT2D eigenvalue weighted by Gasteiger charge is -1.89. The van der Waals surface area contributed by atoms with Gasteiger partial charge in [0, 0.05) is 13.0 Å². The summed E-state index contributed by atoms with van der Waals surface area (Å²) in [7, 11) is 0. The maximum absolute atomic E-state index is 10.7. The standard InChI is InChI=1S/C5H7BrN2O2/c6-4-3(1-2-9)7-8-5(4)10/h9H,1-2H2,(H2,7,8,10). The third kappa shape index (κ3) is 1.30. The highest BCUT2D eigenvalue weighted by molar-refractivity contribution is 9.10. The lowest BCUT2D eigenvalue weighted by Crippen LogP contribution is -1.98. The molecule has 0 spiro atoms. The summed E-state index contributed by atoms with van der Waals surface area (Å²) in [6, 6.07) is 0. The number of halogens is 1. The van der Waals surface area contributed by atoms with Crippen molar-refractivity contribution < 1.29 is 5.11 Å². The van der Waals surface area contributed by atoms with E-state index >= 15 is 0 Å². The second-order valence-corrected chi connectivity index (χ2v) is 2.64. The van der Waals surface area contributed by atoms with Crippen LogP contribution in [0.2, 0.25) is 0 Å². The second-order valence-electron chi connectivity index (χ2n) is 1.85. The zero-order valence-corrected chi connectivity index (χ0v) is 6.73. The molecule has 10 heavy (non-hydrogen) atoms. The lowest BCUT2D eigenvalue weighted by atomic mass is 10.3. The zero-order chi connectivity index (χ0) is 7.56. The molecule has 0 atom stereocenters. The van der Waals surface area contributed by atoms with Crippen LogP contribution in [0, 0.1) is 0 Å². The highest BCUT2D eigenvalue weighted by Gasteiger charge is 2.03. The van der Waals surface area contributed by atoms with Crippen LogP contribution < -0.4 is 5.56 Å². The first-order valence-electron chi connectivity index (χ1n) is 2.81. The molecule has 0 amide bonds. The van der Waals surface area contributed by atoms with Crippen LogP contribution in [0.4, 0.5) is 0 Å². The predicted molar refractivity (Wildman–Crippen MR) is 39.9 cm³/mol. The Balaban J connectivity index is 2.94. The van der Waals surface area contributed by atoms with Crippen LogP contribution in [0.25, 0.3) is 0 Å². The third-order valence-corrected chi connectivity index (χ3v) is 1.99. The van der Waals surface area contributed by atoms with E-state index in [0.29, 0.717) is 16.6 Å². The van der Waals surface area contributed by atoms with Gasteiger partial charge < -0.3 is 10.2 Å². The van der Waals surface area contributed by atoms with E-state index < -0.39 is 0 Å². The average Bonchev–Trinajstić information content (AvgIpc) is 2.20. The Morgan fingerprint density at radius 2 is 2.20 bits per heavy atom. The Hall–Kier alpha value is -0.550. The summed E-state index contributed by atoms with van der Waals surface area (Å²) in [5.74, 6) is 0. The molecule has 0 aliphatic carbocycles. The first-order valence-corrected chi connectivity index (χ1v) is 3.61. The van der Waals surface area contributed by atoms with Gasteiger partial charge >= 0.3 is 0 Å². The summed E-state index contributed by atoms with van der Waals surface area (Å²) < 4.78 is 0.474. The molecule has 4 nitrogen and oxygen atoms in total. The van der Waals surface area contributed by atoms with Crippen molar-refractivity contribution in [2.45, 2.75) is 6.42 Å². The minimum absolute atomic E-state index is 0.0341. The van der Waals surface area contributed by atoms with Gasteiger partial charge in [-0.1, -0.05) is 0 Å². The quantitative estimate of drug-likeness (QED) is 0.638. The molecule has 5 heteroatoms. The molecule has 0 saturated carbocycles. The van der Waals surface area contributed by atoms with E-state index in [-0.39, 0.29) is 12.2 Å². The lowest BCUT2D eigenvalue weighted by molar-refractivity contribution is 0.298. The number of aromatic amines is 2. The smallest absolute Gasteiger partial charge is 0.278 e. The molecular formula is C5H7BrN2O2. The van der Waals surface area contributed by atoms with Crippen LogP contribution in [-0.4, -0.2) is 21.9 Å². The summed E-state index contributed by atoms with van der Waals surface area (Å²) >= 11 is 3.07. The maximum Gasteiger partial charge on any atom is 0.278 e. The minimum atomic E-state index is -0.191. The van der Waals surface area contributed by atoms with Gasteiger partial charge in [0.05, 0.1) is 5.69 Å². The fourth-order valence-electron chi connectivity index (χ4n) is 0.663. The number of hydrogen-bond donors (Lipinski definition) is 3. The van der Waals surface area contributed by atoms with Crippen molar-refractivity contribution in [3.63, 3.8) is 0 Å². The zero-order valence-electron chi connectivity index (χ0n) is 5.15. The van der Waals surface area contributed by atoms with Gasteiger partial charge in [-0.05, 0) is 15.9 Å². The molecule has 0 bridgehead atoms. The molecule has 1 aromatic rings. The van der Waals surface area contributed by atoms with Crippen LogP contribution in [-0.2, 0) is 6.42 Å². The van der Waals surface area contributed by atoms with Gasteiger partial charge in [-0.25, -0.2) is 0 Å². The summed E-state index contributed by atoms with van der Waals surface area (Å²) in [6.07, 6.45) is 0.458. The van der Waals surface area contributed by atoms with Gasteiger partial charge in [0.25, 0.3) is 5.56 Å². The van der Waals surface area contributed by atoms with Crippen molar-refractivity contribution >= 4 is 15.9 Å². The van der Waals surface area contributed by atoms with Gasteiger partial charge in [0.2, 0.25) is 0 Å². The Morgan fingerprint density at radius 3 is 2.60 bits per heavy atom. The second kappa shape index (κ2) is 3.03. The highest BCUT2D eigenvalue weighted by Crippen LogP contribution is 2.07. The molecular weight excluding hydrogens is 200 g/mol. The highest BCUT2D eigenvalue weighted by atomic mass is 79.9. The van der Waals surface area contributed by atoms with Gasteiger partial charge in [-0.2, -0.15) is 0 Å². The molecule has 0 aliphatic rings. The van der Waals surface area contributed by atoms with E-state index in [2.05, 4.69) is 26.1 Å². The van der Waals surface area contributed by atoms with Crippen molar-refractivity contribution in [1.82, 2.24) is 10.2 Å². The Morgan fingerprint density at radius 1 is 1.50 bits per heavy atom. The van der Waals surface area contributed by atoms with Crippen molar-refractivity contribution in [1.29, 1.82) is 0 Å². The average molecular weight is 207 g/mol. The molecule has 1 rings (SSSR count). The van der Waals surface area contributed by atoms with Crippen LogP contribution >= 0.6 is 15.9 Å². The van der Waals surface area contributed by atoms with Gasteiger partial charge in [0.1, 0.15) is 4.47 Å². The predicted octanol–water partition coefficient (Wildman–Crippen LogP) is 0.000300. The molecule has 0 aliphatic heterocycles. The summed E-state index contributed by atoms with van der Waals surface area (Å²) in [6.45, 7) is 0.0341. The first-order chi connectivity index (χ1) is 4.75. The first kappa shape index (κ1) is 7.56. The maximum atomic E-state index is 10.7. The normalized spacial score (nSPS) is 10.2. The van der Waals surface area contributed by atoms with Crippen molar-refractivity contribution in [2.24, 2.45) is 0 Å². The number of nitrogens with one attached hydrogen (secondary N) is 2. The molecule has 3 N–H and O–H groups in total. The molecule has 0 radical (unpaired) electrons.